The van der Waals surface area contributed by atoms with Crippen LogP contribution in [-0.2, 0) is 14.4 Å². The Bertz CT molecular complexity index is 488. The Morgan fingerprint density at radius 3 is 2.24 bits per heavy atom. The van der Waals surface area contributed by atoms with Gasteiger partial charge in [0, 0.05) is 19.5 Å². The van der Waals surface area contributed by atoms with Crippen LogP contribution in [0.25, 0.3) is 0 Å². The summed E-state index contributed by atoms with van der Waals surface area (Å²) >= 11 is 0. The predicted octanol–water partition coefficient (Wildman–Crippen LogP) is 0.0630. The highest BCUT2D eigenvalue weighted by Crippen LogP contribution is 2.03. The molecule has 0 bridgehead atoms. The molecule has 0 unspecified atom stereocenters. The van der Waals surface area contributed by atoms with Gasteiger partial charge in [0.05, 0.1) is 19.8 Å². The molecule has 0 aromatic rings. The third-order valence-corrected chi connectivity index (χ3v) is 4.18. The van der Waals surface area contributed by atoms with Gasteiger partial charge >= 0.3 is 0 Å². The Balaban J connectivity index is -0.00000140. The van der Waals surface area contributed by atoms with Crippen LogP contribution in [0.2, 0.25) is 0 Å². The number of carbonyl (C=O) groups excluding carboxylic acids is 2. The number of guanidine groups is 1. The Morgan fingerprint density at radius 1 is 0.939 bits per heavy atom. The molecule has 0 saturated heterocycles. The number of halogens is 3. The summed E-state index contributed by atoms with van der Waals surface area (Å²) in [6.07, 6.45) is 6.37. The van der Waals surface area contributed by atoms with Crippen molar-refractivity contribution < 1.29 is 19.5 Å². The summed E-state index contributed by atoms with van der Waals surface area (Å²) < 4.78 is 0. The molecule has 0 fully saturated rings. The van der Waals surface area contributed by atoms with E-state index in [-0.39, 0.29) is 74.8 Å². The summed E-state index contributed by atoms with van der Waals surface area (Å²) in [5, 5.41) is 16.1. The molecule has 0 aromatic carbocycles. The van der Waals surface area contributed by atoms with Gasteiger partial charge < -0.3 is 32.9 Å². The van der Waals surface area contributed by atoms with Gasteiger partial charge in [-0.15, -0.1) is 37.2 Å². The molecule has 0 heterocycles. The summed E-state index contributed by atoms with van der Waals surface area (Å²) in [5.41, 5.74) is 15.9. The van der Waals surface area contributed by atoms with Crippen LogP contribution in [0.15, 0.2) is 4.99 Å². The van der Waals surface area contributed by atoms with Gasteiger partial charge in [0.15, 0.2) is 5.96 Å². The third-order valence-electron chi connectivity index (χ3n) is 4.18. The molecule has 0 radical (unpaired) electrons. The molecule has 0 aliphatic carbocycles. The maximum atomic E-state index is 12.3. The van der Waals surface area contributed by atoms with Crippen molar-refractivity contribution in [2.45, 2.75) is 51.4 Å². The quantitative estimate of drug-likeness (QED) is 0.0542. The molecule has 0 aromatic heterocycles. The Hall–Kier alpha value is -1.08. The van der Waals surface area contributed by atoms with Gasteiger partial charge in [0.1, 0.15) is 0 Å². The lowest BCUT2D eigenvalue weighted by Gasteiger charge is -2.21. The first kappa shape index (κ1) is 39.1. The third kappa shape index (κ3) is 27.0. The van der Waals surface area contributed by atoms with E-state index in [0.717, 1.165) is 58.0 Å². The van der Waals surface area contributed by atoms with Crippen molar-refractivity contribution in [1.82, 2.24) is 15.7 Å². The summed E-state index contributed by atoms with van der Waals surface area (Å²) in [5.74, 6) is -0.404. The minimum absolute atomic E-state index is 0. The smallest absolute Gasteiger partial charge is 0.265 e. The van der Waals surface area contributed by atoms with E-state index >= 15 is 0 Å². The van der Waals surface area contributed by atoms with Gasteiger partial charge in [-0.05, 0) is 51.7 Å². The first-order chi connectivity index (χ1) is 14.5. The molecule has 11 nitrogen and oxygen atoms in total. The van der Waals surface area contributed by atoms with Crippen molar-refractivity contribution in [3.63, 3.8) is 0 Å². The maximum Gasteiger partial charge on any atom is 0.265 e. The topological polar surface area (TPSA) is 181 Å². The van der Waals surface area contributed by atoms with E-state index in [9.17, 15) is 9.59 Å². The van der Waals surface area contributed by atoms with Crippen LogP contribution in [0, 0.1) is 0 Å². The highest BCUT2D eigenvalue weighted by atomic mass is 35.5. The van der Waals surface area contributed by atoms with Gasteiger partial charge in [-0.1, -0.05) is 12.8 Å². The molecule has 0 aliphatic rings. The van der Waals surface area contributed by atoms with Crippen LogP contribution in [0.1, 0.15) is 51.4 Å². The molecular formula is C19H44Cl3N7O4. The van der Waals surface area contributed by atoms with Crippen molar-refractivity contribution in [2.24, 2.45) is 22.2 Å². The Kier molecular flexibility index (Phi) is 34.3. The molecule has 0 saturated carbocycles. The van der Waals surface area contributed by atoms with Crippen LogP contribution in [0.4, 0.5) is 0 Å². The highest BCUT2D eigenvalue weighted by molar-refractivity contribution is 5.86. The van der Waals surface area contributed by atoms with E-state index in [1.807, 2.05) is 0 Å². The molecule has 0 aliphatic heterocycles. The minimum Gasteiger partial charge on any atom is -0.394 e. The Morgan fingerprint density at radius 2 is 1.61 bits per heavy atom. The molecule has 2 amide bonds. The van der Waals surface area contributed by atoms with Crippen molar-refractivity contribution in [3.8, 4) is 0 Å². The highest BCUT2D eigenvalue weighted by Gasteiger charge is 2.15. The number of hydrogen-bond acceptors (Lipinski definition) is 7. The zero-order chi connectivity index (χ0) is 22.5. The summed E-state index contributed by atoms with van der Waals surface area (Å²) in [4.78, 5) is 33.4. The van der Waals surface area contributed by atoms with Gasteiger partial charge in [0.2, 0.25) is 5.91 Å². The van der Waals surface area contributed by atoms with Gasteiger partial charge in [0.25, 0.3) is 5.91 Å². The zero-order valence-electron chi connectivity index (χ0n) is 19.3. The van der Waals surface area contributed by atoms with Crippen molar-refractivity contribution in [1.29, 1.82) is 0 Å². The first-order valence-corrected chi connectivity index (χ1v) is 10.8. The first-order valence-electron chi connectivity index (χ1n) is 10.8. The number of nitrogens with zero attached hydrogens (tertiary/aromatic N) is 2. The van der Waals surface area contributed by atoms with Gasteiger partial charge in [-0.2, -0.15) is 0 Å². The van der Waals surface area contributed by atoms with Crippen LogP contribution in [0.3, 0.4) is 0 Å². The van der Waals surface area contributed by atoms with Crippen molar-refractivity contribution in [2.75, 3.05) is 52.5 Å². The number of nitrogens with two attached hydrogens (primary N) is 3. The molecule has 14 heteroatoms. The SMILES string of the molecule is Cl.Cl.Cl.NCCCNCCCCN(OCCO)C(=O)CNC(=O)CCCCCCN=C(N)N. The summed E-state index contributed by atoms with van der Waals surface area (Å²) in [6.45, 7) is 3.11. The lowest BCUT2D eigenvalue weighted by Crippen LogP contribution is -2.41. The summed E-state index contributed by atoms with van der Waals surface area (Å²) in [6, 6.07) is 0. The van der Waals surface area contributed by atoms with Crippen LogP contribution >= 0.6 is 37.2 Å². The number of unbranched alkanes of at least 4 members (excludes halogenated alkanes) is 4. The van der Waals surface area contributed by atoms with E-state index in [1.54, 1.807) is 0 Å². The van der Waals surface area contributed by atoms with E-state index < -0.39 is 0 Å². The fourth-order valence-corrected chi connectivity index (χ4v) is 2.58. The summed E-state index contributed by atoms with van der Waals surface area (Å²) in [7, 11) is 0. The lowest BCUT2D eigenvalue weighted by atomic mass is 10.1. The second kappa shape index (κ2) is 29.0. The largest absolute Gasteiger partial charge is 0.394 e. The number of amides is 2. The maximum absolute atomic E-state index is 12.3. The molecule has 0 spiro atoms. The average Bonchev–Trinajstić information content (AvgIpc) is 2.72. The molecule has 200 valence electrons. The number of aliphatic hydroxyl groups excluding tert-OH is 1. The predicted molar refractivity (Wildman–Crippen MR) is 139 cm³/mol. The second-order valence-electron chi connectivity index (χ2n) is 6.90. The number of carbonyl (C=O) groups is 2. The number of nitrogens with one attached hydrogen (secondary N) is 2. The van der Waals surface area contributed by atoms with Gasteiger partial charge in [-0.25, -0.2) is 5.06 Å². The number of rotatable bonds is 20. The molecule has 33 heavy (non-hydrogen) atoms. The number of aliphatic imine (C=N–C) groups is 1. The molecule has 0 atom stereocenters. The average molecular weight is 541 g/mol. The fourth-order valence-electron chi connectivity index (χ4n) is 2.58. The van der Waals surface area contributed by atoms with E-state index in [1.165, 1.54) is 5.06 Å². The van der Waals surface area contributed by atoms with Crippen molar-refractivity contribution in [3.05, 3.63) is 0 Å². The van der Waals surface area contributed by atoms with E-state index in [4.69, 9.17) is 27.1 Å². The zero-order valence-corrected chi connectivity index (χ0v) is 21.8. The standard InChI is InChI=1S/C19H41N7O4.3ClH/c20-9-7-11-23-10-5-6-13-26(30-15-14-27)18(29)16-25-17(28)8-3-1-2-4-12-24-19(21)22;;;/h23,27H,1-16,20H2,(H,25,28)(H4,21,22,24);3*1H. The number of hydroxylamine groups is 2. The molecule has 9 N–H and O–H groups in total. The lowest BCUT2D eigenvalue weighted by molar-refractivity contribution is -0.189. The monoisotopic (exact) mass is 539 g/mol. The Labute approximate surface area is 216 Å². The number of hydrogen-bond donors (Lipinski definition) is 6. The minimum atomic E-state index is -0.329. The molecular weight excluding hydrogens is 497 g/mol. The van der Waals surface area contributed by atoms with Crippen LogP contribution < -0.4 is 27.8 Å². The number of aliphatic hydroxyl groups is 1. The second-order valence-corrected chi connectivity index (χ2v) is 6.90. The normalized spacial score (nSPS) is 9.64. The van der Waals surface area contributed by atoms with E-state index in [2.05, 4.69) is 15.6 Å². The van der Waals surface area contributed by atoms with Crippen molar-refractivity contribution >= 4 is 55.0 Å². The fraction of sp³-hybridized carbons (Fsp3) is 0.842. The van der Waals surface area contributed by atoms with Crippen LogP contribution in [0.5, 0.6) is 0 Å². The van der Waals surface area contributed by atoms with Crippen LogP contribution in [-0.4, -0.2) is 80.4 Å². The van der Waals surface area contributed by atoms with Gasteiger partial charge in [-0.3, -0.25) is 19.4 Å². The van der Waals surface area contributed by atoms with E-state index in [0.29, 0.717) is 26.1 Å². The molecule has 0 rings (SSSR count).